The second-order valence-corrected chi connectivity index (χ2v) is 7.83. The molecule has 0 bridgehead atoms. The van der Waals surface area contributed by atoms with Crippen molar-refractivity contribution in [3.63, 3.8) is 0 Å². The lowest BCUT2D eigenvalue weighted by Crippen LogP contribution is -2.47. The highest BCUT2D eigenvalue weighted by atomic mass is 19.1. The molecule has 2 fully saturated rings. The Morgan fingerprint density at radius 2 is 1.90 bits per heavy atom. The Morgan fingerprint density at radius 1 is 1.19 bits per heavy atom. The number of aromatic nitrogens is 1. The maximum absolute atomic E-state index is 14.9. The molecule has 2 saturated heterocycles. The number of pyridine rings is 1. The van der Waals surface area contributed by atoms with Gasteiger partial charge in [0.25, 0.3) is 0 Å². The fourth-order valence-corrected chi connectivity index (χ4v) is 3.99. The molecule has 0 unspecified atom stereocenters. The van der Waals surface area contributed by atoms with E-state index in [-0.39, 0.29) is 24.8 Å². The van der Waals surface area contributed by atoms with Crippen LogP contribution in [-0.2, 0) is 9.53 Å². The number of carbonyl (C=O) groups excluding carboxylic acids is 2. The molecule has 0 spiro atoms. The molecular weight excluding hydrogens is 401 g/mol. The molecular formula is C22H26FN5O3. The van der Waals surface area contributed by atoms with E-state index in [9.17, 15) is 14.0 Å². The summed E-state index contributed by atoms with van der Waals surface area (Å²) in [5.41, 5.74) is 3.25. The van der Waals surface area contributed by atoms with Crippen molar-refractivity contribution >= 4 is 29.1 Å². The van der Waals surface area contributed by atoms with Crippen molar-refractivity contribution < 1.29 is 18.7 Å². The van der Waals surface area contributed by atoms with Gasteiger partial charge in [0.1, 0.15) is 11.9 Å². The molecule has 1 N–H and O–H groups in total. The normalized spacial score (nSPS) is 18.9. The maximum Gasteiger partial charge on any atom is 0.414 e. The van der Waals surface area contributed by atoms with Gasteiger partial charge in [-0.1, -0.05) is 0 Å². The SMILES string of the molecule is CC(=O)NC[C@H]1CN(c2ccc(N3CCN(c4cnccc4C)CC3)c(F)c2)C(=O)O1. The number of nitrogens with zero attached hydrogens (tertiary/aromatic N) is 4. The number of hydrogen-bond acceptors (Lipinski definition) is 6. The largest absolute Gasteiger partial charge is 0.442 e. The Kier molecular flexibility index (Phi) is 5.92. The number of carbonyl (C=O) groups is 2. The molecule has 0 aliphatic carbocycles. The number of amides is 2. The minimum atomic E-state index is -0.539. The quantitative estimate of drug-likeness (QED) is 0.789. The fraction of sp³-hybridized carbons (Fsp3) is 0.409. The second-order valence-electron chi connectivity index (χ2n) is 7.83. The van der Waals surface area contributed by atoms with Crippen molar-refractivity contribution in [3.05, 3.63) is 48.0 Å². The second kappa shape index (κ2) is 8.79. The molecule has 3 heterocycles. The van der Waals surface area contributed by atoms with E-state index < -0.39 is 12.2 Å². The molecule has 1 aromatic heterocycles. The molecule has 2 aliphatic heterocycles. The topological polar surface area (TPSA) is 78.0 Å². The molecule has 2 aliphatic rings. The molecule has 9 heteroatoms. The van der Waals surface area contributed by atoms with Crippen LogP contribution in [0.5, 0.6) is 0 Å². The van der Waals surface area contributed by atoms with E-state index in [1.165, 1.54) is 23.5 Å². The maximum atomic E-state index is 14.9. The lowest BCUT2D eigenvalue weighted by Gasteiger charge is -2.38. The molecule has 164 valence electrons. The highest BCUT2D eigenvalue weighted by Crippen LogP contribution is 2.29. The number of piperazine rings is 1. The van der Waals surface area contributed by atoms with E-state index in [2.05, 4.69) is 22.1 Å². The summed E-state index contributed by atoms with van der Waals surface area (Å²) in [7, 11) is 0. The van der Waals surface area contributed by atoms with Crippen molar-refractivity contribution in [3.8, 4) is 0 Å². The van der Waals surface area contributed by atoms with Crippen LogP contribution in [0.3, 0.4) is 0 Å². The van der Waals surface area contributed by atoms with Gasteiger partial charge < -0.3 is 19.9 Å². The molecule has 8 nitrogen and oxygen atoms in total. The highest BCUT2D eigenvalue weighted by molar-refractivity contribution is 5.90. The summed E-state index contributed by atoms with van der Waals surface area (Å²) in [5, 5.41) is 2.63. The van der Waals surface area contributed by atoms with Crippen molar-refractivity contribution in [2.75, 3.05) is 54.0 Å². The Labute approximate surface area is 180 Å². The van der Waals surface area contributed by atoms with Gasteiger partial charge in [0, 0.05) is 39.3 Å². The van der Waals surface area contributed by atoms with Gasteiger partial charge in [-0.15, -0.1) is 0 Å². The van der Waals surface area contributed by atoms with Crippen molar-refractivity contribution in [2.24, 2.45) is 0 Å². The van der Waals surface area contributed by atoms with Crippen LogP contribution >= 0.6 is 0 Å². The van der Waals surface area contributed by atoms with Crippen LogP contribution in [0.4, 0.5) is 26.2 Å². The lowest BCUT2D eigenvalue weighted by molar-refractivity contribution is -0.119. The average molecular weight is 427 g/mol. The van der Waals surface area contributed by atoms with Gasteiger partial charge >= 0.3 is 6.09 Å². The summed E-state index contributed by atoms with van der Waals surface area (Å²) in [4.78, 5) is 33.1. The summed E-state index contributed by atoms with van der Waals surface area (Å²) in [6, 6.07) is 6.81. The summed E-state index contributed by atoms with van der Waals surface area (Å²) < 4.78 is 20.2. The number of cyclic esters (lactones) is 1. The van der Waals surface area contributed by atoms with Crippen LogP contribution < -0.4 is 20.0 Å². The van der Waals surface area contributed by atoms with E-state index in [0.717, 1.165) is 18.8 Å². The molecule has 2 aromatic rings. The van der Waals surface area contributed by atoms with Crippen LogP contribution in [0.25, 0.3) is 0 Å². The van der Waals surface area contributed by atoms with Crippen LogP contribution in [0.15, 0.2) is 36.7 Å². The zero-order valence-corrected chi connectivity index (χ0v) is 17.7. The van der Waals surface area contributed by atoms with Crippen molar-refractivity contribution in [2.45, 2.75) is 20.0 Å². The van der Waals surface area contributed by atoms with Gasteiger partial charge in [0.2, 0.25) is 5.91 Å². The van der Waals surface area contributed by atoms with E-state index in [1.807, 2.05) is 17.2 Å². The van der Waals surface area contributed by atoms with Crippen molar-refractivity contribution in [1.29, 1.82) is 0 Å². The van der Waals surface area contributed by atoms with E-state index >= 15 is 0 Å². The molecule has 1 aromatic carbocycles. The first kappa shape index (κ1) is 20.9. The number of halogens is 1. The third-order valence-corrected chi connectivity index (χ3v) is 5.67. The van der Waals surface area contributed by atoms with E-state index in [1.54, 1.807) is 18.3 Å². The fourth-order valence-electron chi connectivity index (χ4n) is 3.99. The minimum Gasteiger partial charge on any atom is -0.442 e. The van der Waals surface area contributed by atoms with Crippen LogP contribution in [0, 0.1) is 12.7 Å². The average Bonchev–Trinajstić information content (AvgIpc) is 3.13. The number of nitrogens with one attached hydrogen (secondary N) is 1. The smallest absolute Gasteiger partial charge is 0.414 e. The van der Waals surface area contributed by atoms with E-state index in [4.69, 9.17) is 4.74 Å². The third kappa shape index (κ3) is 4.55. The zero-order chi connectivity index (χ0) is 22.0. The van der Waals surface area contributed by atoms with Gasteiger partial charge in [0.05, 0.1) is 36.3 Å². The number of anilines is 3. The first-order valence-electron chi connectivity index (χ1n) is 10.3. The predicted molar refractivity (Wildman–Crippen MR) is 116 cm³/mol. The Hall–Kier alpha value is -3.36. The molecule has 4 rings (SSSR count). The first-order valence-corrected chi connectivity index (χ1v) is 10.3. The summed E-state index contributed by atoms with van der Waals surface area (Å²) in [6.07, 6.45) is 2.66. The molecule has 0 saturated carbocycles. The number of benzene rings is 1. The Morgan fingerprint density at radius 3 is 2.55 bits per heavy atom. The lowest BCUT2D eigenvalue weighted by atomic mass is 10.1. The van der Waals surface area contributed by atoms with Crippen LogP contribution in [0.2, 0.25) is 0 Å². The van der Waals surface area contributed by atoms with Crippen LogP contribution in [-0.4, -0.2) is 62.4 Å². The van der Waals surface area contributed by atoms with Gasteiger partial charge in [-0.2, -0.15) is 0 Å². The van der Waals surface area contributed by atoms with Gasteiger partial charge in [0.15, 0.2) is 0 Å². The highest BCUT2D eigenvalue weighted by Gasteiger charge is 2.33. The number of aryl methyl sites for hydroxylation is 1. The molecule has 31 heavy (non-hydrogen) atoms. The van der Waals surface area contributed by atoms with Crippen molar-refractivity contribution in [1.82, 2.24) is 10.3 Å². The van der Waals surface area contributed by atoms with Crippen LogP contribution in [0.1, 0.15) is 12.5 Å². The van der Waals surface area contributed by atoms with E-state index in [0.29, 0.717) is 24.5 Å². The number of ether oxygens (including phenoxy) is 1. The summed E-state index contributed by atoms with van der Waals surface area (Å²) >= 11 is 0. The third-order valence-electron chi connectivity index (χ3n) is 5.67. The summed E-state index contributed by atoms with van der Waals surface area (Å²) in [5.74, 6) is -0.565. The van der Waals surface area contributed by atoms with Gasteiger partial charge in [-0.25, -0.2) is 9.18 Å². The van der Waals surface area contributed by atoms with Gasteiger partial charge in [-0.3, -0.25) is 14.7 Å². The van der Waals surface area contributed by atoms with Gasteiger partial charge in [-0.05, 0) is 36.8 Å². The Bertz CT molecular complexity index is 977. The number of hydrogen-bond donors (Lipinski definition) is 1. The Balaban J connectivity index is 1.40. The summed E-state index contributed by atoms with van der Waals surface area (Å²) in [6.45, 7) is 6.89. The molecule has 0 radical (unpaired) electrons. The molecule has 1 atom stereocenters. The first-order chi connectivity index (χ1) is 14.9. The monoisotopic (exact) mass is 427 g/mol. The minimum absolute atomic E-state index is 0.191. The predicted octanol–water partition coefficient (Wildman–Crippen LogP) is 2.32. The standard InChI is InChI=1S/C22H26FN5O3/c1-15-5-6-24-13-21(15)27-9-7-26(8-10-27)20-4-3-17(11-19(20)23)28-14-18(31-22(28)30)12-25-16(2)29/h3-6,11,13,18H,7-10,12,14H2,1-2H3,(H,25,29)/t18-/m0/s1. The zero-order valence-electron chi connectivity index (χ0n) is 17.7. The molecule has 2 amide bonds. The number of rotatable bonds is 5.